The first-order valence-corrected chi connectivity index (χ1v) is 5.76. The van der Waals surface area contributed by atoms with Crippen molar-refractivity contribution >= 4 is 0 Å². The van der Waals surface area contributed by atoms with Gasteiger partial charge < -0.3 is 5.32 Å². The molecule has 1 aliphatic heterocycles. The van der Waals surface area contributed by atoms with Gasteiger partial charge in [0, 0.05) is 6.54 Å². The van der Waals surface area contributed by atoms with Crippen LogP contribution < -0.4 is 5.32 Å². The average Bonchev–Trinajstić information content (AvgIpc) is 2.64. The lowest BCUT2D eigenvalue weighted by molar-refractivity contribution is -0.137. The Balaban J connectivity index is 2.08. The molecule has 17 heavy (non-hydrogen) atoms. The Morgan fingerprint density at radius 3 is 2.35 bits per heavy atom. The monoisotopic (exact) mass is 243 g/mol. The molecule has 0 spiro atoms. The summed E-state index contributed by atoms with van der Waals surface area (Å²) in [6, 6.07) is 5.51. The molecule has 0 aliphatic carbocycles. The Morgan fingerprint density at radius 1 is 1.24 bits per heavy atom. The van der Waals surface area contributed by atoms with Gasteiger partial charge in [-0.1, -0.05) is 19.1 Å². The molecule has 0 bridgehead atoms. The minimum Gasteiger partial charge on any atom is -0.316 e. The van der Waals surface area contributed by atoms with Crippen molar-refractivity contribution in [1.82, 2.24) is 5.32 Å². The molecule has 1 saturated heterocycles. The molecule has 0 saturated carbocycles. The Hall–Kier alpha value is -1.03. The molecule has 2 rings (SSSR count). The molecule has 1 nitrogen and oxygen atoms in total. The molecule has 1 aromatic carbocycles. The van der Waals surface area contributed by atoms with E-state index < -0.39 is 11.7 Å². The van der Waals surface area contributed by atoms with Gasteiger partial charge in [-0.25, -0.2) is 0 Å². The summed E-state index contributed by atoms with van der Waals surface area (Å²) < 4.78 is 37.2. The van der Waals surface area contributed by atoms with Crippen molar-refractivity contribution in [2.45, 2.75) is 25.9 Å². The molecule has 1 N–H and O–H groups in total. The molecule has 1 atom stereocenters. The molecule has 0 radical (unpaired) electrons. The average molecular weight is 243 g/mol. The van der Waals surface area contributed by atoms with Gasteiger partial charge in [0.2, 0.25) is 0 Å². The highest BCUT2D eigenvalue weighted by molar-refractivity contribution is 5.25. The topological polar surface area (TPSA) is 12.0 Å². The Kier molecular flexibility index (Phi) is 3.17. The van der Waals surface area contributed by atoms with Gasteiger partial charge in [0.15, 0.2) is 0 Å². The van der Waals surface area contributed by atoms with Crippen LogP contribution in [-0.4, -0.2) is 13.1 Å². The van der Waals surface area contributed by atoms with E-state index in [1.54, 1.807) is 12.1 Å². The van der Waals surface area contributed by atoms with Crippen molar-refractivity contribution in [3.8, 4) is 0 Å². The van der Waals surface area contributed by atoms with Crippen molar-refractivity contribution < 1.29 is 13.2 Å². The van der Waals surface area contributed by atoms with Crippen molar-refractivity contribution in [2.24, 2.45) is 5.41 Å². The van der Waals surface area contributed by atoms with Gasteiger partial charge in [0.25, 0.3) is 0 Å². The Bertz CT molecular complexity index is 375. The third-order valence-electron chi connectivity index (χ3n) is 3.37. The maximum Gasteiger partial charge on any atom is 0.416 e. The maximum atomic E-state index is 12.4. The summed E-state index contributed by atoms with van der Waals surface area (Å²) in [7, 11) is 0. The van der Waals surface area contributed by atoms with Crippen LogP contribution >= 0.6 is 0 Å². The smallest absolute Gasteiger partial charge is 0.316 e. The minimum atomic E-state index is -4.24. The third kappa shape index (κ3) is 3.00. The largest absolute Gasteiger partial charge is 0.416 e. The molecule has 1 unspecified atom stereocenters. The number of hydrogen-bond donors (Lipinski definition) is 1. The predicted molar refractivity (Wildman–Crippen MR) is 60.7 cm³/mol. The summed E-state index contributed by atoms with van der Waals surface area (Å²) in [5.74, 6) is 0. The normalized spacial score (nSPS) is 25.2. The van der Waals surface area contributed by atoms with Crippen LogP contribution in [0.1, 0.15) is 24.5 Å². The summed E-state index contributed by atoms with van der Waals surface area (Å²) in [6.45, 7) is 4.11. The zero-order valence-electron chi connectivity index (χ0n) is 9.77. The lowest BCUT2D eigenvalue weighted by atomic mass is 9.83. The number of halogens is 3. The highest BCUT2D eigenvalue weighted by atomic mass is 19.4. The molecule has 4 heteroatoms. The van der Waals surface area contributed by atoms with Gasteiger partial charge in [-0.3, -0.25) is 0 Å². The number of rotatable bonds is 2. The van der Waals surface area contributed by atoms with E-state index in [2.05, 4.69) is 12.2 Å². The van der Waals surface area contributed by atoms with E-state index in [9.17, 15) is 13.2 Å². The van der Waals surface area contributed by atoms with Crippen molar-refractivity contribution in [1.29, 1.82) is 0 Å². The molecular formula is C13H16F3N. The molecule has 0 aromatic heterocycles. The first kappa shape index (κ1) is 12.4. The number of benzene rings is 1. The van der Waals surface area contributed by atoms with Crippen LogP contribution in [0.5, 0.6) is 0 Å². The second-order valence-electron chi connectivity index (χ2n) is 5.11. The van der Waals surface area contributed by atoms with Crippen LogP contribution in [0.25, 0.3) is 0 Å². The van der Waals surface area contributed by atoms with Gasteiger partial charge >= 0.3 is 6.18 Å². The predicted octanol–water partition coefficient (Wildman–Crippen LogP) is 3.25. The highest BCUT2D eigenvalue weighted by Crippen LogP contribution is 2.32. The zero-order chi connectivity index (χ0) is 12.5. The fourth-order valence-electron chi connectivity index (χ4n) is 2.32. The molecule has 1 heterocycles. The quantitative estimate of drug-likeness (QED) is 0.840. The van der Waals surface area contributed by atoms with E-state index in [1.165, 1.54) is 12.1 Å². The lowest BCUT2D eigenvalue weighted by Crippen LogP contribution is -2.22. The second kappa shape index (κ2) is 4.33. The summed E-state index contributed by atoms with van der Waals surface area (Å²) in [5, 5.41) is 3.29. The van der Waals surface area contributed by atoms with Gasteiger partial charge in [0.1, 0.15) is 0 Å². The molecule has 0 amide bonds. The standard InChI is InChI=1S/C13H16F3N/c1-12(6-7-17-9-12)8-10-2-4-11(5-3-10)13(14,15)16/h2-5,17H,6-9H2,1H3. The molecular weight excluding hydrogens is 227 g/mol. The first-order valence-electron chi connectivity index (χ1n) is 5.76. The number of nitrogens with one attached hydrogen (secondary N) is 1. The van der Waals surface area contributed by atoms with E-state index in [4.69, 9.17) is 0 Å². The van der Waals surface area contributed by atoms with E-state index in [-0.39, 0.29) is 5.41 Å². The van der Waals surface area contributed by atoms with Gasteiger partial charge in [-0.05, 0) is 42.5 Å². The van der Waals surface area contributed by atoms with Crippen LogP contribution in [0.4, 0.5) is 13.2 Å². The Morgan fingerprint density at radius 2 is 1.88 bits per heavy atom. The molecule has 1 fully saturated rings. The minimum absolute atomic E-state index is 0.180. The van der Waals surface area contributed by atoms with Crippen LogP contribution in [0.15, 0.2) is 24.3 Å². The maximum absolute atomic E-state index is 12.4. The summed E-state index contributed by atoms with van der Waals surface area (Å²) in [6.07, 6.45) is -2.33. The zero-order valence-corrected chi connectivity index (χ0v) is 9.77. The molecule has 1 aliphatic rings. The van der Waals surface area contributed by atoms with Crippen molar-refractivity contribution in [3.63, 3.8) is 0 Å². The van der Waals surface area contributed by atoms with E-state index in [0.717, 1.165) is 31.5 Å². The fourth-order valence-corrected chi connectivity index (χ4v) is 2.32. The van der Waals surface area contributed by atoms with Gasteiger partial charge in [0.05, 0.1) is 5.56 Å². The molecule has 94 valence electrons. The van der Waals surface area contributed by atoms with E-state index in [1.807, 2.05) is 0 Å². The van der Waals surface area contributed by atoms with E-state index >= 15 is 0 Å². The van der Waals surface area contributed by atoms with Gasteiger partial charge in [-0.15, -0.1) is 0 Å². The SMILES string of the molecule is CC1(Cc2ccc(C(F)(F)F)cc2)CCNC1. The summed E-state index contributed by atoms with van der Waals surface area (Å²) in [5.41, 5.74) is 0.583. The highest BCUT2D eigenvalue weighted by Gasteiger charge is 2.31. The van der Waals surface area contributed by atoms with Crippen molar-refractivity contribution in [3.05, 3.63) is 35.4 Å². The summed E-state index contributed by atoms with van der Waals surface area (Å²) in [4.78, 5) is 0. The summed E-state index contributed by atoms with van der Waals surface area (Å²) >= 11 is 0. The fraction of sp³-hybridized carbons (Fsp3) is 0.538. The van der Waals surface area contributed by atoms with Crippen LogP contribution in [0, 0.1) is 5.41 Å². The first-order chi connectivity index (χ1) is 7.89. The molecule has 1 aromatic rings. The van der Waals surface area contributed by atoms with E-state index in [0.29, 0.717) is 0 Å². The van der Waals surface area contributed by atoms with Gasteiger partial charge in [-0.2, -0.15) is 13.2 Å². The lowest BCUT2D eigenvalue weighted by Gasteiger charge is -2.22. The van der Waals surface area contributed by atoms with Crippen LogP contribution in [0.3, 0.4) is 0 Å². The second-order valence-corrected chi connectivity index (χ2v) is 5.11. The van der Waals surface area contributed by atoms with Crippen LogP contribution in [-0.2, 0) is 12.6 Å². The Labute approximate surface area is 99.0 Å². The van der Waals surface area contributed by atoms with Crippen molar-refractivity contribution in [2.75, 3.05) is 13.1 Å². The number of hydrogen-bond acceptors (Lipinski definition) is 1. The number of alkyl halides is 3. The van der Waals surface area contributed by atoms with Crippen LogP contribution in [0.2, 0.25) is 0 Å². The third-order valence-corrected chi connectivity index (χ3v) is 3.37.